The Morgan fingerprint density at radius 1 is 1.32 bits per heavy atom. The number of aryl methyl sites for hydroxylation is 1. The van der Waals surface area contributed by atoms with Gasteiger partial charge in [0, 0.05) is 28.3 Å². The van der Waals surface area contributed by atoms with E-state index in [1.54, 1.807) is 24.4 Å². The van der Waals surface area contributed by atoms with Gasteiger partial charge in [0.05, 0.1) is 11.1 Å². The van der Waals surface area contributed by atoms with E-state index in [4.69, 9.17) is 0 Å². The summed E-state index contributed by atoms with van der Waals surface area (Å²) in [5.74, 6) is -0.333. The van der Waals surface area contributed by atoms with Crippen molar-refractivity contribution in [1.29, 1.82) is 0 Å². The van der Waals surface area contributed by atoms with Gasteiger partial charge in [0.2, 0.25) is 0 Å². The summed E-state index contributed by atoms with van der Waals surface area (Å²) < 4.78 is 2.80. The highest BCUT2D eigenvalue weighted by molar-refractivity contribution is 9.10. The molecule has 1 aliphatic carbocycles. The van der Waals surface area contributed by atoms with Crippen molar-refractivity contribution in [1.82, 2.24) is 9.55 Å². The molecule has 0 bridgehead atoms. The van der Waals surface area contributed by atoms with Gasteiger partial charge in [0.25, 0.3) is 11.5 Å². The predicted molar refractivity (Wildman–Crippen MR) is 101 cm³/mol. The van der Waals surface area contributed by atoms with Gasteiger partial charge >= 0.3 is 0 Å². The summed E-state index contributed by atoms with van der Waals surface area (Å²) in [7, 11) is 0. The molecular weight excluding hydrogens is 382 g/mol. The molecule has 0 spiro atoms. The number of benzene rings is 1. The van der Waals surface area contributed by atoms with Crippen molar-refractivity contribution in [3.05, 3.63) is 68.7 Å². The minimum Gasteiger partial charge on any atom is -0.317 e. The molecule has 0 atom stereocenters. The van der Waals surface area contributed by atoms with Crippen molar-refractivity contribution in [2.24, 2.45) is 0 Å². The smallest absolute Gasteiger partial charge is 0.275 e. The molecule has 1 fully saturated rings. The quantitative estimate of drug-likeness (QED) is 0.724. The molecule has 3 aromatic rings. The Kier molecular flexibility index (Phi) is 3.92. The van der Waals surface area contributed by atoms with Crippen LogP contribution < -0.4 is 10.9 Å². The van der Waals surface area contributed by atoms with Crippen LogP contribution in [0, 0.1) is 6.92 Å². The van der Waals surface area contributed by atoms with Crippen molar-refractivity contribution >= 4 is 38.4 Å². The molecule has 5 nitrogen and oxygen atoms in total. The van der Waals surface area contributed by atoms with Crippen LogP contribution in [-0.4, -0.2) is 15.5 Å². The zero-order chi connectivity index (χ0) is 17.6. The molecule has 6 heteroatoms. The maximum atomic E-state index is 13.0. The Bertz CT molecular complexity index is 1040. The number of nitrogens with zero attached hydrogens (tertiary/aromatic N) is 2. The molecule has 1 N–H and O–H groups in total. The molecule has 0 radical (unpaired) electrons. The number of fused-ring (bicyclic) bond motifs is 1. The van der Waals surface area contributed by atoms with E-state index < -0.39 is 0 Å². The van der Waals surface area contributed by atoms with Crippen LogP contribution in [0.15, 0.2) is 52.0 Å². The van der Waals surface area contributed by atoms with Gasteiger partial charge in [-0.1, -0.05) is 22.0 Å². The van der Waals surface area contributed by atoms with Gasteiger partial charge in [-0.2, -0.15) is 0 Å². The second kappa shape index (κ2) is 6.11. The van der Waals surface area contributed by atoms with Crippen molar-refractivity contribution in [2.75, 3.05) is 5.32 Å². The summed E-state index contributed by atoms with van der Waals surface area (Å²) in [4.78, 5) is 29.4. The van der Waals surface area contributed by atoms with E-state index in [-0.39, 0.29) is 17.5 Å². The number of anilines is 1. The van der Waals surface area contributed by atoms with E-state index in [2.05, 4.69) is 26.2 Å². The van der Waals surface area contributed by atoms with Gasteiger partial charge in [-0.3, -0.25) is 14.6 Å². The summed E-state index contributed by atoms with van der Waals surface area (Å²) in [5, 5.41) is 3.69. The summed E-state index contributed by atoms with van der Waals surface area (Å²) in [6.07, 6.45) is 5.06. The van der Waals surface area contributed by atoms with Crippen molar-refractivity contribution < 1.29 is 4.79 Å². The van der Waals surface area contributed by atoms with Crippen LogP contribution in [0.2, 0.25) is 0 Å². The Morgan fingerprint density at radius 2 is 2.12 bits per heavy atom. The number of carbonyl (C=O) groups excluding carboxylic acids is 1. The number of nitrogens with one attached hydrogen (secondary N) is 1. The van der Waals surface area contributed by atoms with Crippen molar-refractivity contribution in [2.45, 2.75) is 25.8 Å². The van der Waals surface area contributed by atoms with Crippen LogP contribution in [0.5, 0.6) is 0 Å². The van der Waals surface area contributed by atoms with Crippen LogP contribution in [-0.2, 0) is 0 Å². The third kappa shape index (κ3) is 2.87. The van der Waals surface area contributed by atoms with E-state index in [1.165, 1.54) is 6.20 Å². The molecule has 25 heavy (non-hydrogen) atoms. The topological polar surface area (TPSA) is 64.0 Å². The number of carbonyl (C=O) groups is 1. The predicted octanol–water partition coefficient (Wildman–Crippen LogP) is 4.05. The number of amides is 1. The molecule has 4 rings (SSSR count). The number of halogens is 1. The highest BCUT2D eigenvalue weighted by atomic mass is 79.9. The standard InChI is InChI=1S/C19H16BrN3O2/c1-11-15(20)7-4-12-9-16(19(25)23(17(11)12)14-5-6-14)22-18(24)13-3-2-8-21-10-13/h2-4,7-10,14H,5-6H2,1H3,(H,22,24). The SMILES string of the molecule is Cc1c(Br)ccc2cc(NC(=O)c3cccnc3)c(=O)n(C3CC3)c12. The van der Waals surface area contributed by atoms with Crippen molar-refractivity contribution in [3.8, 4) is 0 Å². The van der Waals surface area contributed by atoms with E-state index in [9.17, 15) is 9.59 Å². The third-order valence-corrected chi connectivity index (χ3v) is 5.33. The van der Waals surface area contributed by atoms with Gasteiger partial charge in [-0.15, -0.1) is 0 Å². The molecule has 0 saturated heterocycles. The summed E-state index contributed by atoms with van der Waals surface area (Å²) in [6.45, 7) is 2.00. The average Bonchev–Trinajstić information content (AvgIpc) is 3.45. The molecule has 1 amide bonds. The largest absolute Gasteiger partial charge is 0.317 e. The minimum atomic E-state index is -0.333. The fraction of sp³-hybridized carbons (Fsp3) is 0.211. The summed E-state index contributed by atoms with van der Waals surface area (Å²) in [6, 6.07) is 9.25. The number of hydrogen-bond donors (Lipinski definition) is 1. The molecule has 1 aromatic carbocycles. The van der Waals surface area contributed by atoms with Gasteiger partial charge in [-0.05, 0) is 49.6 Å². The zero-order valence-electron chi connectivity index (χ0n) is 13.6. The van der Waals surface area contributed by atoms with E-state index >= 15 is 0 Å². The second-order valence-corrected chi connectivity index (χ2v) is 7.12. The lowest BCUT2D eigenvalue weighted by molar-refractivity contribution is 0.102. The molecule has 2 aromatic heterocycles. The number of rotatable bonds is 3. The first-order valence-corrected chi connectivity index (χ1v) is 8.91. The lowest BCUT2D eigenvalue weighted by atomic mass is 10.1. The molecule has 126 valence electrons. The van der Waals surface area contributed by atoms with Gasteiger partial charge in [0.15, 0.2) is 0 Å². The number of aromatic nitrogens is 2. The van der Waals surface area contributed by atoms with Crippen LogP contribution in [0.1, 0.15) is 34.8 Å². The first-order chi connectivity index (χ1) is 12.1. The number of pyridine rings is 2. The lowest BCUT2D eigenvalue weighted by Gasteiger charge is -2.15. The second-order valence-electron chi connectivity index (χ2n) is 6.27. The normalized spacial score (nSPS) is 13.8. The highest BCUT2D eigenvalue weighted by Crippen LogP contribution is 2.38. The van der Waals surface area contributed by atoms with Crippen LogP contribution in [0.3, 0.4) is 0 Å². The summed E-state index contributed by atoms with van der Waals surface area (Å²) >= 11 is 3.54. The Hall–Kier alpha value is -2.47. The van der Waals surface area contributed by atoms with Gasteiger partial charge in [0.1, 0.15) is 5.69 Å². The fourth-order valence-electron chi connectivity index (χ4n) is 3.04. The Labute approximate surface area is 152 Å². The molecule has 1 aliphatic rings. The maximum absolute atomic E-state index is 13.0. The number of hydrogen-bond acceptors (Lipinski definition) is 3. The average molecular weight is 398 g/mol. The van der Waals surface area contributed by atoms with Crippen molar-refractivity contribution in [3.63, 3.8) is 0 Å². The Balaban J connectivity index is 1.86. The fourth-order valence-corrected chi connectivity index (χ4v) is 3.36. The molecule has 2 heterocycles. The molecule has 0 aliphatic heterocycles. The molecule has 1 saturated carbocycles. The van der Waals surface area contributed by atoms with Crippen LogP contribution in [0.25, 0.3) is 10.9 Å². The van der Waals surface area contributed by atoms with Gasteiger partial charge < -0.3 is 9.88 Å². The summed E-state index contributed by atoms with van der Waals surface area (Å²) in [5.41, 5.74) is 2.53. The lowest BCUT2D eigenvalue weighted by Crippen LogP contribution is -2.26. The van der Waals surface area contributed by atoms with Crippen LogP contribution >= 0.6 is 15.9 Å². The maximum Gasteiger partial charge on any atom is 0.275 e. The first kappa shape index (κ1) is 16.0. The van der Waals surface area contributed by atoms with E-state index in [0.717, 1.165) is 33.8 Å². The first-order valence-electron chi connectivity index (χ1n) is 8.12. The van der Waals surface area contributed by atoms with Crippen LogP contribution in [0.4, 0.5) is 5.69 Å². The Morgan fingerprint density at radius 3 is 2.80 bits per heavy atom. The van der Waals surface area contributed by atoms with Gasteiger partial charge in [-0.25, -0.2) is 0 Å². The monoisotopic (exact) mass is 397 g/mol. The minimum absolute atomic E-state index is 0.159. The molecule has 0 unspecified atom stereocenters. The zero-order valence-corrected chi connectivity index (χ0v) is 15.2. The third-order valence-electron chi connectivity index (χ3n) is 4.47. The highest BCUT2D eigenvalue weighted by Gasteiger charge is 2.28. The molecular formula is C19H16BrN3O2. The van der Waals surface area contributed by atoms with E-state index in [1.807, 2.05) is 23.6 Å². The van der Waals surface area contributed by atoms with E-state index in [0.29, 0.717) is 11.3 Å².